The SMILES string of the molecule is CCN(Cc1ccccc1)C(=O)C(N)c1ccc(C)cc1. The highest BCUT2D eigenvalue weighted by Gasteiger charge is 2.21. The molecule has 0 aromatic heterocycles. The fraction of sp³-hybridized carbons (Fsp3) is 0.278. The van der Waals surface area contributed by atoms with Gasteiger partial charge in [0.15, 0.2) is 0 Å². The first kappa shape index (κ1) is 15.3. The molecule has 1 amide bonds. The van der Waals surface area contributed by atoms with Gasteiger partial charge in [-0.15, -0.1) is 0 Å². The molecule has 2 rings (SSSR count). The summed E-state index contributed by atoms with van der Waals surface area (Å²) in [6.45, 7) is 5.23. The minimum atomic E-state index is -0.603. The van der Waals surface area contributed by atoms with Gasteiger partial charge in [-0.25, -0.2) is 0 Å². The number of aryl methyl sites for hydroxylation is 1. The molecule has 110 valence electrons. The zero-order valence-corrected chi connectivity index (χ0v) is 12.6. The lowest BCUT2D eigenvalue weighted by Crippen LogP contribution is -2.38. The fourth-order valence-corrected chi connectivity index (χ4v) is 2.26. The lowest BCUT2D eigenvalue weighted by atomic mass is 10.0. The zero-order valence-electron chi connectivity index (χ0n) is 12.6. The molecule has 0 aliphatic rings. The summed E-state index contributed by atoms with van der Waals surface area (Å²) < 4.78 is 0. The molecule has 2 aromatic rings. The van der Waals surface area contributed by atoms with E-state index in [1.165, 1.54) is 0 Å². The van der Waals surface area contributed by atoms with E-state index >= 15 is 0 Å². The van der Waals surface area contributed by atoms with Gasteiger partial charge in [0.25, 0.3) is 0 Å². The number of rotatable bonds is 5. The van der Waals surface area contributed by atoms with Crippen molar-refractivity contribution in [3.05, 3.63) is 71.3 Å². The Morgan fingerprint density at radius 1 is 1.10 bits per heavy atom. The fourth-order valence-electron chi connectivity index (χ4n) is 2.26. The molecular weight excluding hydrogens is 260 g/mol. The third-order valence-corrected chi connectivity index (χ3v) is 3.61. The largest absolute Gasteiger partial charge is 0.337 e. The van der Waals surface area contributed by atoms with Crippen molar-refractivity contribution in [1.82, 2.24) is 4.90 Å². The maximum Gasteiger partial charge on any atom is 0.244 e. The Morgan fingerprint density at radius 2 is 1.71 bits per heavy atom. The summed E-state index contributed by atoms with van der Waals surface area (Å²) in [6, 6.07) is 17.2. The number of carbonyl (C=O) groups is 1. The molecule has 3 heteroatoms. The zero-order chi connectivity index (χ0) is 15.2. The van der Waals surface area contributed by atoms with E-state index in [0.717, 1.165) is 16.7 Å². The third kappa shape index (κ3) is 3.92. The lowest BCUT2D eigenvalue weighted by Gasteiger charge is -2.24. The van der Waals surface area contributed by atoms with E-state index < -0.39 is 6.04 Å². The number of nitrogens with two attached hydrogens (primary N) is 1. The van der Waals surface area contributed by atoms with E-state index in [0.29, 0.717) is 13.1 Å². The van der Waals surface area contributed by atoms with Gasteiger partial charge in [0.2, 0.25) is 5.91 Å². The van der Waals surface area contributed by atoms with Gasteiger partial charge in [-0.2, -0.15) is 0 Å². The quantitative estimate of drug-likeness (QED) is 0.916. The van der Waals surface area contributed by atoms with Crippen LogP contribution in [0, 0.1) is 6.92 Å². The van der Waals surface area contributed by atoms with Gasteiger partial charge in [-0.3, -0.25) is 4.79 Å². The molecule has 1 unspecified atom stereocenters. The predicted molar refractivity (Wildman–Crippen MR) is 85.6 cm³/mol. The summed E-state index contributed by atoms with van der Waals surface area (Å²) in [7, 11) is 0. The molecular formula is C18H22N2O. The van der Waals surface area contributed by atoms with Crippen LogP contribution in [-0.2, 0) is 11.3 Å². The molecule has 0 aliphatic carbocycles. The molecule has 3 nitrogen and oxygen atoms in total. The van der Waals surface area contributed by atoms with Crippen LogP contribution in [0.25, 0.3) is 0 Å². The van der Waals surface area contributed by atoms with E-state index in [4.69, 9.17) is 5.73 Å². The van der Waals surface area contributed by atoms with Gasteiger partial charge in [-0.05, 0) is 25.0 Å². The second-order valence-corrected chi connectivity index (χ2v) is 5.23. The lowest BCUT2D eigenvalue weighted by molar-refractivity contribution is -0.133. The smallest absolute Gasteiger partial charge is 0.244 e. The molecule has 0 bridgehead atoms. The standard InChI is InChI=1S/C18H22N2O/c1-3-20(13-15-7-5-4-6-8-15)18(21)17(19)16-11-9-14(2)10-12-16/h4-12,17H,3,13,19H2,1-2H3. The van der Waals surface area contributed by atoms with E-state index in [-0.39, 0.29) is 5.91 Å². The number of hydrogen-bond donors (Lipinski definition) is 1. The summed E-state index contributed by atoms with van der Waals surface area (Å²) in [5.41, 5.74) is 9.26. The molecule has 2 aromatic carbocycles. The van der Waals surface area contributed by atoms with Gasteiger partial charge in [-0.1, -0.05) is 60.2 Å². The van der Waals surface area contributed by atoms with E-state index in [2.05, 4.69) is 0 Å². The summed E-state index contributed by atoms with van der Waals surface area (Å²) in [5.74, 6) is -0.0368. The van der Waals surface area contributed by atoms with Gasteiger partial charge in [0.1, 0.15) is 6.04 Å². The van der Waals surface area contributed by atoms with Gasteiger partial charge < -0.3 is 10.6 Å². The normalized spacial score (nSPS) is 12.0. The van der Waals surface area contributed by atoms with Crippen LogP contribution < -0.4 is 5.73 Å². The van der Waals surface area contributed by atoms with Crippen molar-refractivity contribution in [3.8, 4) is 0 Å². The first-order valence-electron chi connectivity index (χ1n) is 7.26. The van der Waals surface area contributed by atoms with Crippen LogP contribution in [0.1, 0.15) is 29.7 Å². The van der Waals surface area contributed by atoms with Gasteiger partial charge in [0, 0.05) is 13.1 Å². The van der Waals surface area contributed by atoms with Crippen molar-refractivity contribution in [2.24, 2.45) is 5.73 Å². The predicted octanol–water partition coefficient (Wildman–Crippen LogP) is 3.04. The van der Waals surface area contributed by atoms with E-state index in [1.54, 1.807) is 4.90 Å². The molecule has 0 saturated heterocycles. The van der Waals surface area contributed by atoms with Crippen LogP contribution in [0.5, 0.6) is 0 Å². The first-order valence-corrected chi connectivity index (χ1v) is 7.26. The molecule has 0 saturated carbocycles. The molecule has 21 heavy (non-hydrogen) atoms. The molecule has 0 radical (unpaired) electrons. The number of nitrogens with zero attached hydrogens (tertiary/aromatic N) is 1. The number of amides is 1. The Balaban J connectivity index is 2.10. The van der Waals surface area contributed by atoms with Crippen LogP contribution in [0.15, 0.2) is 54.6 Å². The van der Waals surface area contributed by atoms with Gasteiger partial charge in [0.05, 0.1) is 0 Å². The highest BCUT2D eigenvalue weighted by atomic mass is 16.2. The third-order valence-electron chi connectivity index (χ3n) is 3.61. The van der Waals surface area contributed by atoms with Crippen molar-refractivity contribution >= 4 is 5.91 Å². The average molecular weight is 282 g/mol. The van der Waals surface area contributed by atoms with Gasteiger partial charge >= 0.3 is 0 Å². The molecule has 1 atom stereocenters. The number of likely N-dealkylation sites (N-methyl/N-ethyl adjacent to an activating group) is 1. The first-order chi connectivity index (χ1) is 10.1. The van der Waals surface area contributed by atoms with Crippen molar-refractivity contribution in [2.45, 2.75) is 26.4 Å². The molecule has 2 N–H and O–H groups in total. The summed E-state index contributed by atoms with van der Waals surface area (Å²) >= 11 is 0. The summed E-state index contributed by atoms with van der Waals surface area (Å²) in [4.78, 5) is 14.4. The maximum absolute atomic E-state index is 12.6. The number of hydrogen-bond acceptors (Lipinski definition) is 2. The van der Waals surface area contributed by atoms with Crippen LogP contribution in [0.3, 0.4) is 0 Å². The Morgan fingerprint density at radius 3 is 2.29 bits per heavy atom. The van der Waals surface area contributed by atoms with E-state index in [1.807, 2.05) is 68.4 Å². The topological polar surface area (TPSA) is 46.3 Å². The maximum atomic E-state index is 12.6. The van der Waals surface area contributed by atoms with Crippen LogP contribution in [0.4, 0.5) is 0 Å². The Hall–Kier alpha value is -2.13. The average Bonchev–Trinajstić information content (AvgIpc) is 2.53. The molecule has 0 spiro atoms. The Bertz CT molecular complexity index is 578. The summed E-state index contributed by atoms with van der Waals surface area (Å²) in [5, 5.41) is 0. The van der Waals surface area contributed by atoms with Crippen molar-refractivity contribution < 1.29 is 4.79 Å². The highest BCUT2D eigenvalue weighted by Crippen LogP contribution is 2.16. The van der Waals surface area contributed by atoms with Crippen molar-refractivity contribution in [3.63, 3.8) is 0 Å². The molecule has 0 aliphatic heterocycles. The molecule has 0 heterocycles. The van der Waals surface area contributed by atoms with Crippen molar-refractivity contribution in [2.75, 3.05) is 6.54 Å². The minimum Gasteiger partial charge on any atom is -0.337 e. The number of carbonyl (C=O) groups excluding carboxylic acids is 1. The summed E-state index contributed by atoms with van der Waals surface area (Å²) in [6.07, 6.45) is 0. The number of benzene rings is 2. The second kappa shape index (κ2) is 7.04. The monoisotopic (exact) mass is 282 g/mol. The molecule has 0 fully saturated rings. The van der Waals surface area contributed by atoms with Crippen LogP contribution in [-0.4, -0.2) is 17.4 Å². The van der Waals surface area contributed by atoms with Crippen LogP contribution in [0.2, 0.25) is 0 Å². The van der Waals surface area contributed by atoms with Crippen molar-refractivity contribution in [1.29, 1.82) is 0 Å². The minimum absolute atomic E-state index is 0.0368. The second-order valence-electron chi connectivity index (χ2n) is 5.23. The van der Waals surface area contributed by atoms with E-state index in [9.17, 15) is 4.79 Å². The Labute approximate surface area is 126 Å². The Kier molecular flexibility index (Phi) is 5.12. The highest BCUT2D eigenvalue weighted by molar-refractivity contribution is 5.83. The van der Waals surface area contributed by atoms with Crippen LogP contribution >= 0.6 is 0 Å².